The van der Waals surface area contributed by atoms with E-state index < -0.39 is 0 Å². The van der Waals surface area contributed by atoms with Crippen LogP contribution in [0.5, 0.6) is 0 Å². The number of rotatable bonds is 9. The van der Waals surface area contributed by atoms with Crippen LogP contribution < -0.4 is 10.2 Å². The summed E-state index contributed by atoms with van der Waals surface area (Å²) in [6, 6.07) is 5.46. The van der Waals surface area contributed by atoms with Gasteiger partial charge in [-0.05, 0) is 30.9 Å². The third-order valence-corrected chi connectivity index (χ3v) is 6.43. The molecule has 9 nitrogen and oxygen atoms in total. The first-order valence-electron chi connectivity index (χ1n) is 10.9. The number of aromatic nitrogens is 2. The van der Waals surface area contributed by atoms with E-state index in [1.54, 1.807) is 20.1 Å². The van der Waals surface area contributed by atoms with Crippen molar-refractivity contribution in [1.29, 1.82) is 0 Å². The maximum atomic E-state index is 12.2. The molecule has 1 aliphatic heterocycles. The number of anilines is 1. The van der Waals surface area contributed by atoms with Gasteiger partial charge in [0.25, 0.3) is 5.91 Å². The molecule has 0 spiro atoms. The molecule has 0 atom stereocenters. The number of piperazine rings is 1. The zero-order valence-corrected chi connectivity index (χ0v) is 19.3. The lowest BCUT2D eigenvalue weighted by molar-refractivity contribution is -0.129. The highest BCUT2D eigenvalue weighted by Crippen LogP contribution is 2.28. The molecule has 0 aromatic carbocycles. The molecule has 32 heavy (non-hydrogen) atoms. The summed E-state index contributed by atoms with van der Waals surface area (Å²) >= 11 is 1.46. The summed E-state index contributed by atoms with van der Waals surface area (Å²) in [5.74, 6) is 2.94. The Balaban J connectivity index is 1.38. The van der Waals surface area contributed by atoms with Crippen LogP contribution in [0.4, 0.5) is 5.82 Å². The molecule has 2 amide bonds. The Kier molecular flexibility index (Phi) is 7.31. The first-order valence-corrected chi connectivity index (χ1v) is 11.9. The number of nitrogens with one attached hydrogen (secondary N) is 1. The first kappa shape index (κ1) is 22.6. The molecule has 172 valence electrons. The Bertz CT molecular complexity index is 954. The molecule has 3 heterocycles. The molecule has 10 heteroatoms. The molecule has 2 aromatic heterocycles. The maximum Gasteiger partial charge on any atom is 0.287 e. The molecule has 1 saturated carbocycles. The molecule has 0 bridgehead atoms. The number of carbonyl (C=O) groups excluding carboxylic acids is 2. The summed E-state index contributed by atoms with van der Waals surface area (Å²) < 4.78 is 11.0. The van der Waals surface area contributed by atoms with Gasteiger partial charge >= 0.3 is 0 Å². The number of ether oxygens (including phenoxy) is 1. The van der Waals surface area contributed by atoms with Crippen LogP contribution in [0.25, 0.3) is 0 Å². The van der Waals surface area contributed by atoms with Gasteiger partial charge in [-0.2, -0.15) is 0 Å². The summed E-state index contributed by atoms with van der Waals surface area (Å²) in [6.45, 7) is 5.52. The van der Waals surface area contributed by atoms with Crippen LogP contribution in [-0.4, -0.2) is 66.5 Å². The maximum absolute atomic E-state index is 12.2. The number of hydrogen-bond donors (Lipinski definition) is 1. The molecular weight excluding hydrogens is 430 g/mol. The second-order valence-electron chi connectivity index (χ2n) is 8.13. The van der Waals surface area contributed by atoms with E-state index in [2.05, 4.69) is 15.2 Å². The summed E-state index contributed by atoms with van der Waals surface area (Å²) in [7, 11) is 1.64. The summed E-state index contributed by atoms with van der Waals surface area (Å²) in [5, 5.41) is 3.54. The predicted molar refractivity (Wildman–Crippen MR) is 121 cm³/mol. The molecule has 0 radical (unpaired) electrons. The van der Waals surface area contributed by atoms with Crippen LogP contribution in [0.2, 0.25) is 0 Å². The summed E-state index contributed by atoms with van der Waals surface area (Å²) in [6.07, 6.45) is 2.38. The van der Waals surface area contributed by atoms with E-state index in [-0.39, 0.29) is 11.8 Å². The quantitative estimate of drug-likeness (QED) is 0.450. The normalized spacial score (nSPS) is 16.3. The Morgan fingerprint density at radius 3 is 2.69 bits per heavy atom. The largest absolute Gasteiger partial charge is 0.455 e. The second kappa shape index (κ2) is 10.4. The minimum Gasteiger partial charge on any atom is -0.455 e. The van der Waals surface area contributed by atoms with Crippen molar-refractivity contribution in [3.05, 3.63) is 35.4 Å². The lowest BCUT2D eigenvalue weighted by atomic mass is 10.3. The third-order valence-electron chi connectivity index (χ3n) is 5.56. The first-order chi connectivity index (χ1) is 15.5. The van der Waals surface area contributed by atoms with Crippen LogP contribution in [0.1, 0.15) is 41.8 Å². The summed E-state index contributed by atoms with van der Waals surface area (Å²) in [5.41, 5.74) is 0.800. The van der Waals surface area contributed by atoms with Gasteiger partial charge in [0.2, 0.25) is 5.91 Å². The van der Waals surface area contributed by atoms with Crippen molar-refractivity contribution in [2.45, 2.75) is 37.3 Å². The third kappa shape index (κ3) is 6.01. The van der Waals surface area contributed by atoms with Crippen molar-refractivity contribution in [3.63, 3.8) is 0 Å². The van der Waals surface area contributed by atoms with E-state index in [0.29, 0.717) is 54.6 Å². The van der Waals surface area contributed by atoms with E-state index in [1.165, 1.54) is 24.6 Å². The molecule has 2 aromatic rings. The number of carbonyl (C=O) groups is 2. The number of methoxy groups -OCH3 is 1. The van der Waals surface area contributed by atoms with Gasteiger partial charge in [0, 0.05) is 52.8 Å². The van der Waals surface area contributed by atoms with Gasteiger partial charge in [0.15, 0.2) is 10.9 Å². The van der Waals surface area contributed by atoms with Crippen molar-refractivity contribution < 1.29 is 18.7 Å². The number of furan rings is 1. The topological polar surface area (TPSA) is 101 Å². The zero-order valence-electron chi connectivity index (χ0n) is 18.5. The minimum absolute atomic E-state index is 0.0997. The van der Waals surface area contributed by atoms with Gasteiger partial charge < -0.3 is 24.3 Å². The number of hydrogen-bond acceptors (Lipinski definition) is 8. The second-order valence-corrected chi connectivity index (χ2v) is 9.08. The molecular formula is C22H29N5O4S. The fourth-order valence-electron chi connectivity index (χ4n) is 3.52. The van der Waals surface area contributed by atoms with E-state index in [0.717, 1.165) is 24.6 Å². The lowest BCUT2D eigenvalue weighted by Gasteiger charge is -2.35. The van der Waals surface area contributed by atoms with Crippen molar-refractivity contribution in [3.8, 4) is 0 Å². The average Bonchev–Trinajstić information content (AvgIpc) is 3.51. The number of nitrogens with zero attached hydrogens (tertiary/aromatic N) is 4. The molecule has 1 aliphatic carbocycles. The van der Waals surface area contributed by atoms with Crippen molar-refractivity contribution >= 4 is 29.4 Å². The Morgan fingerprint density at radius 1 is 1.22 bits per heavy atom. The van der Waals surface area contributed by atoms with E-state index in [9.17, 15) is 9.59 Å². The lowest BCUT2D eigenvalue weighted by Crippen LogP contribution is -2.48. The molecule has 2 fully saturated rings. The van der Waals surface area contributed by atoms with Crippen LogP contribution >= 0.6 is 11.8 Å². The smallest absolute Gasteiger partial charge is 0.287 e. The van der Waals surface area contributed by atoms with Gasteiger partial charge in [-0.15, -0.1) is 0 Å². The van der Waals surface area contributed by atoms with Gasteiger partial charge in [-0.3, -0.25) is 9.59 Å². The standard InChI is InChI=1S/C22H29N5O4S/c1-15(28)26-7-9-27(10-8-26)20-11-17(13-30-2)24-22(25-20)32-14-18-5-6-19(31-18)21(29)23-12-16-3-4-16/h5-6,11,16H,3-4,7-10,12-14H2,1-2H3,(H,23,29). The van der Waals surface area contributed by atoms with Gasteiger partial charge in [0.05, 0.1) is 18.1 Å². The van der Waals surface area contributed by atoms with E-state index in [4.69, 9.17) is 14.1 Å². The number of amides is 2. The van der Waals surface area contributed by atoms with Crippen LogP contribution in [-0.2, 0) is 21.9 Å². The van der Waals surface area contributed by atoms with E-state index >= 15 is 0 Å². The average molecular weight is 460 g/mol. The van der Waals surface area contributed by atoms with Gasteiger partial charge in [0.1, 0.15) is 11.6 Å². The van der Waals surface area contributed by atoms with Crippen LogP contribution in [0.3, 0.4) is 0 Å². The number of thioether (sulfide) groups is 1. The predicted octanol–water partition coefficient (Wildman–Crippen LogP) is 2.32. The molecule has 0 unspecified atom stereocenters. The molecule has 2 aliphatic rings. The van der Waals surface area contributed by atoms with Gasteiger partial charge in [-0.1, -0.05) is 11.8 Å². The Labute approximate surface area is 191 Å². The highest BCUT2D eigenvalue weighted by atomic mass is 32.2. The fraction of sp³-hybridized carbons (Fsp3) is 0.545. The Morgan fingerprint density at radius 2 is 2.00 bits per heavy atom. The highest BCUT2D eigenvalue weighted by Gasteiger charge is 2.23. The molecule has 1 saturated heterocycles. The van der Waals surface area contributed by atoms with Crippen molar-refractivity contribution in [2.24, 2.45) is 5.92 Å². The summed E-state index contributed by atoms with van der Waals surface area (Å²) in [4.78, 5) is 37.1. The molecule has 1 N–H and O–H groups in total. The van der Waals surface area contributed by atoms with Gasteiger partial charge in [-0.25, -0.2) is 9.97 Å². The zero-order chi connectivity index (χ0) is 22.5. The highest BCUT2D eigenvalue weighted by molar-refractivity contribution is 7.98. The monoisotopic (exact) mass is 459 g/mol. The van der Waals surface area contributed by atoms with Crippen molar-refractivity contribution in [2.75, 3.05) is 44.7 Å². The van der Waals surface area contributed by atoms with Crippen LogP contribution in [0.15, 0.2) is 27.8 Å². The fourth-order valence-corrected chi connectivity index (χ4v) is 4.28. The Hall–Kier alpha value is -2.59. The molecule has 4 rings (SSSR count). The van der Waals surface area contributed by atoms with Crippen LogP contribution in [0, 0.1) is 5.92 Å². The van der Waals surface area contributed by atoms with Crippen molar-refractivity contribution in [1.82, 2.24) is 20.2 Å². The van der Waals surface area contributed by atoms with E-state index in [1.807, 2.05) is 17.0 Å². The minimum atomic E-state index is -0.168. The SMILES string of the molecule is COCc1cc(N2CCN(C(C)=O)CC2)nc(SCc2ccc(C(=O)NCC3CC3)o2)n1.